The van der Waals surface area contributed by atoms with E-state index in [1.54, 1.807) is 0 Å². The van der Waals surface area contributed by atoms with Crippen molar-refractivity contribution in [2.75, 3.05) is 32.1 Å². The van der Waals surface area contributed by atoms with E-state index < -0.39 is 5.54 Å². The number of unbranched alkanes of at least 4 members (excludes halogenated alkanes) is 1. The van der Waals surface area contributed by atoms with Gasteiger partial charge in [-0.1, -0.05) is 31.5 Å². The molecule has 1 heterocycles. The van der Waals surface area contributed by atoms with Crippen molar-refractivity contribution < 1.29 is 9.53 Å². The van der Waals surface area contributed by atoms with Gasteiger partial charge in [-0.25, -0.2) is 4.79 Å². The maximum Gasteiger partial charge on any atom is 0.331 e. The summed E-state index contributed by atoms with van der Waals surface area (Å²) in [4.78, 5) is 14.8. The van der Waals surface area contributed by atoms with E-state index in [4.69, 9.17) is 4.74 Å². The van der Waals surface area contributed by atoms with E-state index in [-0.39, 0.29) is 5.97 Å². The van der Waals surface area contributed by atoms with Crippen molar-refractivity contribution in [3.05, 3.63) is 30.3 Å². The van der Waals surface area contributed by atoms with Gasteiger partial charge in [0.1, 0.15) is 5.54 Å². The molecule has 0 aromatic heterocycles. The Morgan fingerprint density at radius 2 is 1.95 bits per heavy atom. The summed E-state index contributed by atoms with van der Waals surface area (Å²) < 4.78 is 5.06. The Balaban J connectivity index is 2.04. The van der Waals surface area contributed by atoms with Crippen LogP contribution < -0.4 is 5.32 Å². The second-order valence-corrected chi connectivity index (χ2v) is 5.76. The lowest BCUT2D eigenvalue weighted by Gasteiger charge is -2.40. The van der Waals surface area contributed by atoms with Crippen LogP contribution >= 0.6 is 0 Å². The monoisotopic (exact) mass is 290 g/mol. The van der Waals surface area contributed by atoms with Gasteiger partial charge in [-0.15, -0.1) is 0 Å². The molecule has 0 spiro atoms. The minimum atomic E-state index is -0.585. The molecule has 1 fully saturated rings. The Hall–Kier alpha value is -1.55. The summed E-state index contributed by atoms with van der Waals surface area (Å²) in [6, 6.07) is 9.92. The van der Waals surface area contributed by atoms with Gasteiger partial charge in [0.2, 0.25) is 0 Å². The SMILES string of the molecule is CCCCN1CCC(Nc2ccccc2)(C(=O)OC)CC1. The molecular formula is C17H26N2O2. The minimum absolute atomic E-state index is 0.151. The number of methoxy groups -OCH3 is 1. The molecule has 1 aromatic carbocycles. The molecule has 2 rings (SSSR count). The number of rotatable bonds is 6. The number of para-hydroxylation sites is 1. The summed E-state index contributed by atoms with van der Waals surface area (Å²) >= 11 is 0. The van der Waals surface area contributed by atoms with Gasteiger partial charge in [0.15, 0.2) is 0 Å². The van der Waals surface area contributed by atoms with Gasteiger partial charge in [-0.05, 0) is 37.9 Å². The molecule has 4 nitrogen and oxygen atoms in total. The molecule has 1 aromatic rings. The molecule has 21 heavy (non-hydrogen) atoms. The normalized spacial score (nSPS) is 18.2. The molecule has 1 N–H and O–H groups in total. The number of nitrogens with one attached hydrogen (secondary N) is 1. The van der Waals surface area contributed by atoms with Crippen molar-refractivity contribution in [3.8, 4) is 0 Å². The third-order valence-corrected chi connectivity index (χ3v) is 4.27. The summed E-state index contributed by atoms with van der Waals surface area (Å²) in [5, 5.41) is 3.42. The van der Waals surface area contributed by atoms with E-state index in [1.165, 1.54) is 20.0 Å². The zero-order valence-electron chi connectivity index (χ0n) is 13.1. The average molecular weight is 290 g/mol. The molecule has 0 aliphatic carbocycles. The zero-order chi connectivity index (χ0) is 15.1. The summed E-state index contributed by atoms with van der Waals surface area (Å²) in [6.07, 6.45) is 4.01. The summed E-state index contributed by atoms with van der Waals surface area (Å²) in [5.74, 6) is -0.151. The number of esters is 1. The quantitative estimate of drug-likeness (QED) is 0.818. The average Bonchev–Trinajstić information content (AvgIpc) is 2.54. The fourth-order valence-electron chi connectivity index (χ4n) is 2.91. The Labute approximate surface area is 127 Å². The summed E-state index contributed by atoms with van der Waals surface area (Å²) in [6.45, 7) is 5.21. The molecule has 1 saturated heterocycles. The molecular weight excluding hydrogens is 264 g/mol. The maximum absolute atomic E-state index is 12.3. The Bertz CT molecular complexity index is 439. The Morgan fingerprint density at radius 1 is 1.29 bits per heavy atom. The van der Waals surface area contributed by atoms with Crippen LogP contribution in [0.2, 0.25) is 0 Å². The molecule has 116 valence electrons. The van der Waals surface area contributed by atoms with Crippen molar-refractivity contribution in [3.63, 3.8) is 0 Å². The lowest BCUT2D eigenvalue weighted by atomic mass is 9.87. The predicted octanol–water partition coefficient (Wildman–Crippen LogP) is 2.91. The number of benzene rings is 1. The predicted molar refractivity (Wildman–Crippen MR) is 85.4 cm³/mol. The highest BCUT2D eigenvalue weighted by Crippen LogP contribution is 2.28. The highest BCUT2D eigenvalue weighted by atomic mass is 16.5. The van der Waals surface area contributed by atoms with Crippen LogP contribution in [0, 0.1) is 0 Å². The number of hydrogen-bond donors (Lipinski definition) is 1. The van der Waals surface area contributed by atoms with E-state index in [0.29, 0.717) is 0 Å². The fourth-order valence-corrected chi connectivity index (χ4v) is 2.91. The lowest BCUT2D eigenvalue weighted by molar-refractivity contribution is -0.147. The van der Waals surface area contributed by atoms with Crippen LogP contribution in [0.3, 0.4) is 0 Å². The number of nitrogens with zero attached hydrogens (tertiary/aromatic N) is 1. The van der Waals surface area contributed by atoms with Gasteiger partial charge in [-0.2, -0.15) is 0 Å². The van der Waals surface area contributed by atoms with Crippen LogP contribution in [0.4, 0.5) is 5.69 Å². The number of ether oxygens (including phenoxy) is 1. The zero-order valence-corrected chi connectivity index (χ0v) is 13.1. The molecule has 0 unspecified atom stereocenters. The molecule has 4 heteroatoms. The van der Waals surface area contributed by atoms with E-state index in [9.17, 15) is 4.79 Å². The number of likely N-dealkylation sites (tertiary alicyclic amines) is 1. The number of carbonyl (C=O) groups excluding carboxylic acids is 1. The van der Waals surface area contributed by atoms with Crippen molar-refractivity contribution >= 4 is 11.7 Å². The van der Waals surface area contributed by atoms with Gasteiger partial charge in [0.25, 0.3) is 0 Å². The largest absolute Gasteiger partial charge is 0.467 e. The van der Waals surface area contributed by atoms with Gasteiger partial charge >= 0.3 is 5.97 Å². The second kappa shape index (κ2) is 7.46. The van der Waals surface area contributed by atoms with Crippen LogP contribution in [-0.2, 0) is 9.53 Å². The molecule has 0 radical (unpaired) electrons. The first-order chi connectivity index (χ1) is 10.2. The fraction of sp³-hybridized carbons (Fsp3) is 0.588. The van der Waals surface area contributed by atoms with Gasteiger partial charge in [-0.3, -0.25) is 0 Å². The first-order valence-electron chi connectivity index (χ1n) is 7.84. The van der Waals surface area contributed by atoms with E-state index in [0.717, 1.165) is 38.2 Å². The smallest absolute Gasteiger partial charge is 0.331 e. The molecule has 0 atom stereocenters. The van der Waals surface area contributed by atoms with Crippen LogP contribution in [0.5, 0.6) is 0 Å². The molecule has 1 aliphatic heterocycles. The standard InChI is InChI=1S/C17H26N2O2/c1-3-4-12-19-13-10-17(11-14-19,16(20)21-2)18-15-8-6-5-7-9-15/h5-9,18H,3-4,10-14H2,1-2H3. The van der Waals surface area contributed by atoms with E-state index in [2.05, 4.69) is 17.1 Å². The molecule has 1 aliphatic rings. The highest BCUT2D eigenvalue weighted by Gasteiger charge is 2.42. The molecule has 0 amide bonds. The molecule has 0 saturated carbocycles. The Morgan fingerprint density at radius 3 is 2.52 bits per heavy atom. The van der Waals surface area contributed by atoms with Crippen molar-refractivity contribution in [1.82, 2.24) is 4.90 Å². The van der Waals surface area contributed by atoms with Crippen LogP contribution in [0.25, 0.3) is 0 Å². The van der Waals surface area contributed by atoms with Crippen LogP contribution in [0.1, 0.15) is 32.6 Å². The third-order valence-electron chi connectivity index (χ3n) is 4.27. The van der Waals surface area contributed by atoms with Gasteiger partial charge in [0, 0.05) is 18.8 Å². The van der Waals surface area contributed by atoms with Crippen molar-refractivity contribution in [1.29, 1.82) is 0 Å². The number of piperidine rings is 1. The first kappa shape index (κ1) is 15.8. The lowest BCUT2D eigenvalue weighted by Crippen LogP contribution is -2.55. The molecule has 0 bridgehead atoms. The van der Waals surface area contributed by atoms with Crippen LogP contribution in [-0.4, -0.2) is 43.2 Å². The van der Waals surface area contributed by atoms with Crippen LogP contribution in [0.15, 0.2) is 30.3 Å². The van der Waals surface area contributed by atoms with Crippen molar-refractivity contribution in [2.45, 2.75) is 38.1 Å². The first-order valence-corrected chi connectivity index (χ1v) is 7.84. The van der Waals surface area contributed by atoms with Crippen molar-refractivity contribution in [2.24, 2.45) is 0 Å². The topological polar surface area (TPSA) is 41.6 Å². The number of hydrogen-bond acceptors (Lipinski definition) is 4. The van der Waals surface area contributed by atoms with Gasteiger partial charge in [0.05, 0.1) is 7.11 Å². The van der Waals surface area contributed by atoms with Gasteiger partial charge < -0.3 is 15.0 Å². The summed E-state index contributed by atoms with van der Waals surface area (Å²) in [7, 11) is 1.47. The summed E-state index contributed by atoms with van der Waals surface area (Å²) in [5.41, 5.74) is 0.392. The second-order valence-electron chi connectivity index (χ2n) is 5.76. The van der Waals surface area contributed by atoms with E-state index >= 15 is 0 Å². The Kier molecular flexibility index (Phi) is 5.62. The third kappa shape index (κ3) is 3.97. The minimum Gasteiger partial charge on any atom is -0.467 e. The number of anilines is 1. The van der Waals surface area contributed by atoms with E-state index in [1.807, 2.05) is 30.3 Å². The maximum atomic E-state index is 12.3. The number of carbonyl (C=O) groups is 1. The highest BCUT2D eigenvalue weighted by molar-refractivity contribution is 5.84.